The smallest absolute Gasteiger partial charge is 0.313 e. The summed E-state index contributed by atoms with van der Waals surface area (Å²) >= 11 is 0. The Kier molecular flexibility index (Phi) is 10.4. The summed E-state index contributed by atoms with van der Waals surface area (Å²) in [6.45, 7) is 7.53. The Morgan fingerprint density at radius 1 is 0.924 bits per heavy atom. The van der Waals surface area contributed by atoms with Gasteiger partial charge in [0.05, 0.1) is 34.0 Å². The van der Waals surface area contributed by atoms with Gasteiger partial charge in [0.1, 0.15) is 17.8 Å². The number of halogens is 3. The van der Waals surface area contributed by atoms with E-state index in [0.29, 0.717) is 41.5 Å². The van der Waals surface area contributed by atoms with Gasteiger partial charge in [0.15, 0.2) is 6.61 Å². The lowest BCUT2D eigenvalue weighted by Crippen LogP contribution is -2.58. The quantitative estimate of drug-likeness (QED) is 0.142. The first-order chi connectivity index (χ1) is 31.7. The minimum atomic E-state index is -3.31. The second kappa shape index (κ2) is 16.1. The molecule has 2 aromatic carbocycles. The zero-order chi connectivity index (χ0) is 45.6. The van der Waals surface area contributed by atoms with E-state index in [1.165, 1.54) is 36.6 Å². The Hall–Kier alpha value is -5.95. The van der Waals surface area contributed by atoms with Crippen LogP contribution in [0.3, 0.4) is 0 Å². The van der Waals surface area contributed by atoms with Crippen molar-refractivity contribution in [3.05, 3.63) is 64.0 Å². The number of piperazine rings is 1. The van der Waals surface area contributed by atoms with Crippen LogP contribution in [0.15, 0.2) is 41.3 Å². The number of hydrogen-bond acceptors (Lipinski definition) is 13. The highest BCUT2D eigenvalue weighted by Gasteiger charge is 2.48. The van der Waals surface area contributed by atoms with Gasteiger partial charge in [-0.2, -0.15) is 18.9 Å². The molecule has 2 atom stereocenters. The Morgan fingerprint density at radius 3 is 2.44 bits per heavy atom. The molecule has 2 amide bonds. The van der Waals surface area contributed by atoms with Crippen molar-refractivity contribution in [1.82, 2.24) is 39.8 Å². The van der Waals surface area contributed by atoms with E-state index in [1.807, 2.05) is 18.7 Å². The van der Waals surface area contributed by atoms with Crippen LogP contribution >= 0.6 is 0 Å². The molecule has 5 fully saturated rings. The Bertz CT molecular complexity index is 2820. The van der Waals surface area contributed by atoms with Crippen molar-refractivity contribution < 1.29 is 27.5 Å². The van der Waals surface area contributed by atoms with Crippen LogP contribution in [0.2, 0.25) is 0 Å². The molecular formula is C47H55F3N12O4. The molecular weight excluding hydrogens is 854 g/mol. The molecule has 348 valence electrons. The highest BCUT2D eigenvalue weighted by Crippen LogP contribution is 2.47. The lowest BCUT2D eigenvalue weighted by Gasteiger charge is -2.54. The first kappa shape index (κ1) is 42.7. The maximum atomic E-state index is 15.9. The number of benzene rings is 2. The Balaban J connectivity index is 0.702. The highest BCUT2D eigenvalue weighted by molar-refractivity contribution is 6.03. The molecule has 4 N–H and O–H groups in total. The molecule has 0 radical (unpaired) electrons. The predicted octanol–water partition coefficient (Wildman–Crippen LogP) is 5.26. The number of rotatable bonds is 9. The van der Waals surface area contributed by atoms with E-state index in [4.69, 9.17) is 14.8 Å². The number of carbonyl (C=O) groups excluding carboxylic acids is 2. The fraction of sp³-hybridized carbons (Fsp3) is 0.532. The number of aryl methyl sites for hydroxylation is 3. The fourth-order valence-electron chi connectivity index (χ4n) is 10.8. The van der Waals surface area contributed by atoms with Gasteiger partial charge in [-0.15, -0.1) is 0 Å². The van der Waals surface area contributed by atoms with Crippen molar-refractivity contribution in [2.24, 2.45) is 25.4 Å². The number of alkyl halides is 2. The molecule has 3 saturated heterocycles. The molecule has 2 unspecified atom stereocenters. The first-order valence-electron chi connectivity index (χ1n) is 23.2. The summed E-state index contributed by atoms with van der Waals surface area (Å²) in [5, 5.41) is 17.4. The van der Waals surface area contributed by atoms with Gasteiger partial charge in [0.25, 0.3) is 5.56 Å². The van der Waals surface area contributed by atoms with E-state index < -0.39 is 36.0 Å². The van der Waals surface area contributed by atoms with Crippen molar-refractivity contribution >= 4 is 62.4 Å². The zero-order valence-electron chi connectivity index (χ0n) is 37.4. The summed E-state index contributed by atoms with van der Waals surface area (Å²) in [6.07, 6.45) is 7.26. The number of hydrogen-bond donors (Lipinski definition) is 4. The fourth-order valence-corrected chi connectivity index (χ4v) is 10.8. The molecule has 16 nitrogen and oxygen atoms in total. The molecule has 7 heterocycles. The maximum Gasteiger partial charge on any atom is 0.313 e. The van der Waals surface area contributed by atoms with Crippen LogP contribution in [-0.4, -0.2) is 112 Å². The van der Waals surface area contributed by atoms with Gasteiger partial charge >= 0.3 is 5.92 Å². The third-order valence-corrected chi connectivity index (χ3v) is 14.9. The lowest BCUT2D eigenvalue weighted by molar-refractivity contribution is -0.134. The molecule has 4 aliphatic heterocycles. The second-order valence-corrected chi connectivity index (χ2v) is 19.6. The first-order valence-corrected chi connectivity index (χ1v) is 23.2. The molecule has 66 heavy (non-hydrogen) atoms. The van der Waals surface area contributed by atoms with Crippen LogP contribution in [-0.2, 0) is 23.7 Å². The summed E-state index contributed by atoms with van der Waals surface area (Å²) in [7, 11) is 3.38. The maximum absolute atomic E-state index is 15.9. The Labute approximate surface area is 379 Å². The average Bonchev–Trinajstić information content (AvgIpc) is 4.08. The number of imide groups is 1. The van der Waals surface area contributed by atoms with Crippen molar-refractivity contribution in [1.29, 1.82) is 0 Å². The van der Waals surface area contributed by atoms with E-state index in [9.17, 15) is 14.4 Å². The molecule has 3 aromatic heterocycles. The topological polar surface area (TPSA) is 167 Å². The van der Waals surface area contributed by atoms with Gasteiger partial charge in [-0.3, -0.25) is 34.6 Å². The molecule has 0 bridgehead atoms. The van der Waals surface area contributed by atoms with Gasteiger partial charge in [-0.1, -0.05) is 0 Å². The van der Waals surface area contributed by atoms with E-state index in [-0.39, 0.29) is 45.9 Å². The van der Waals surface area contributed by atoms with Gasteiger partial charge < -0.3 is 29.7 Å². The third kappa shape index (κ3) is 7.76. The largest absolute Gasteiger partial charge is 0.480 e. The number of piperidine rings is 1. The molecule has 6 aliphatic rings. The minimum absolute atomic E-state index is 0.0528. The van der Waals surface area contributed by atoms with Gasteiger partial charge in [0.2, 0.25) is 23.5 Å². The van der Waals surface area contributed by atoms with Crippen molar-refractivity contribution in [2.75, 3.05) is 72.9 Å². The molecule has 11 rings (SSSR count). The summed E-state index contributed by atoms with van der Waals surface area (Å²) in [5.74, 6) is -3.45. The Morgan fingerprint density at radius 2 is 1.70 bits per heavy atom. The summed E-state index contributed by atoms with van der Waals surface area (Å²) in [5.41, 5.74) is 3.56. The monoisotopic (exact) mass is 908 g/mol. The number of aromatic nitrogens is 5. The number of ether oxygens (including phenoxy) is 1. The zero-order valence-corrected chi connectivity index (χ0v) is 37.4. The normalized spacial score (nSPS) is 23.3. The van der Waals surface area contributed by atoms with Crippen LogP contribution in [0.4, 0.5) is 42.0 Å². The molecule has 5 aromatic rings. The van der Waals surface area contributed by atoms with Crippen LogP contribution in [0.1, 0.15) is 68.5 Å². The summed E-state index contributed by atoms with van der Waals surface area (Å²) < 4.78 is 54.9. The predicted molar refractivity (Wildman–Crippen MR) is 244 cm³/mol. The van der Waals surface area contributed by atoms with E-state index in [1.54, 1.807) is 6.20 Å². The SMILES string of the molecule is Cc1cnc(N2CC3(CCC(CN4CCN(c5ccc6c(C7CCC(=O)NC7=O)nn(C)c6c5)CC4)CC3)C2)nc1Nc1cc2c3c(c(=O)n(C)c2cc1F)OCC(F)(F)C(NC1CC1)N3. The van der Waals surface area contributed by atoms with E-state index in [2.05, 4.69) is 59.1 Å². The number of pyridine rings is 1. The van der Waals surface area contributed by atoms with E-state index >= 15 is 13.2 Å². The number of fused-ring (bicyclic) bond motifs is 4. The average molecular weight is 909 g/mol. The van der Waals surface area contributed by atoms with Gasteiger partial charge in [-0.05, 0) is 82.1 Å². The minimum Gasteiger partial charge on any atom is -0.480 e. The van der Waals surface area contributed by atoms with Crippen molar-refractivity contribution in [3.8, 4) is 5.75 Å². The van der Waals surface area contributed by atoms with Crippen LogP contribution < -0.4 is 41.4 Å². The molecule has 2 aliphatic carbocycles. The number of nitrogens with zero attached hydrogens (tertiary/aromatic N) is 8. The van der Waals surface area contributed by atoms with Crippen molar-refractivity contribution in [3.63, 3.8) is 0 Å². The summed E-state index contributed by atoms with van der Waals surface area (Å²) in [6, 6.07) is 9.06. The molecule has 1 spiro atoms. The third-order valence-electron chi connectivity index (χ3n) is 14.9. The van der Waals surface area contributed by atoms with Crippen molar-refractivity contribution in [2.45, 2.75) is 82.3 Å². The molecule has 2 saturated carbocycles. The molecule has 19 heteroatoms. The number of amides is 2. The standard InChI is InChI=1S/C47H55F3N12O4/c1-26-21-51-45(56-41(26)53-34-19-32-35(20-33(34)48)58(2)43(65)40-39(32)55-44(52-28-4-5-28)47(49,50)25-66-40)62-23-46(24-62)12-10-27(11-13-46)22-60-14-16-61(17-15-60)29-6-7-30-36(18-29)59(3)57-38(30)31-8-9-37(63)54-42(31)64/h6-7,18-21,27-28,31,44,52,55H,4-5,8-17,22-25H2,1-3H3,(H,51,53,56)(H,54,63,64). The number of anilines is 5. The second-order valence-electron chi connectivity index (χ2n) is 19.6. The number of carbonyl (C=O) groups is 2. The van der Waals surface area contributed by atoms with Crippen LogP contribution in [0, 0.1) is 24.1 Å². The van der Waals surface area contributed by atoms with E-state index in [0.717, 1.165) is 93.8 Å². The summed E-state index contributed by atoms with van der Waals surface area (Å²) in [4.78, 5) is 54.4. The van der Waals surface area contributed by atoms with Crippen LogP contribution in [0.5, 0.6) is 5.75 Å². The number of nitrogens with one attached hydrogen (secondary N) is 4. The lowest BCUT2D eigenvalue weighted by atomic mass is 9.66. The van der Waals surface area contributed by atoms with Gasteiger partial charge in [-0.25, -0.2) is 9.37 Å². The highest BCUT2D eigenvalue weighted by atomic mass is 19.3. The van der Waals surface area contributed by atoms with Crippen LogP contribution in [0.25, 0.3) is 21.8 Å². The van der Waals surface area contributed by atoms with Gasteiger partial charge in [0, 0.05) is 112 Å².